The summed E-state index contributed by atoms with van der Waals surface area (Å²) < 4.78 is 20.3. The zero-order valence-corrected chi connectivity index (χ0v) is 27.5. The Hall–Kier alpha value is -5.36. The lowest BCUT2D eigenvalue weighted by atomic mass is 9.92. The summed E-state index contributed by atoms with van der Waals surface area (Å²) in [5.74, 6) is 1.67. The quantitative estimate of drug-likeness (QED) is 0.163. The molecule has 9 rings (SSSR count). The van der Waals surface area contributed by atoms with Crippen molar-refractivity contribution >= 4 is 33.1 Å². The largest absolute Gasteiger partial charge is 0.496 e. The van der Waals surface area contributed by atoms with E-state index in [1.165, 1.54) is 23.3 Å². The van der Waals surface area contributed by atoms with Gasteiger partial charge in [0.25, 0.3) is 5.91 Å². The van der Waals surface area contributed by atoms with Crippen LogP contribution in [0.4, 0.5) is 10.2 Å². The molecule has 6 heterocycles. The van der Waals surface area contributed by atoms with Gasteiger partial charge in [0, 0.05) is 23.2 Å². The van der Waals surface area contributed by atoms with Gasteiger partial charge in [0.1, 0.15) is 17.4 Å². The molecule has 0 spiro atoms. The Morgan fingerprint density at radius 2 is 1.94 bits per heavy atom. The number of benzene rings is 2. The van der Waals surface area contributed by atoms with E-state index in [2.05, 4.69) is 32.6 Å². The minimum Gasteiger partial charge on any atom is -0.496 e. The molecule has 49 heavy (non-hydrogen) atoms. The maximum Gasteiger partial charge on any atom is 0.340 e. The second-order valence-electron chi connectivity index (χ2n) is 12.8. The molecule has 0 saturated carbocycles. The van der Waals surface area contributed by atoms with E-state index in [1.54, 1.807) is 36.8 Å². The lowest BCUT2D eigenvalue weighted by Crippen LogP contribution is -2.22. The van der Waals surface area contributed by atoms with Gasteiger partial charge >= 0.3 is 5.69 Å². The van der Waals surface area contributed by atoms with Gasteiger partial charge in [-0.25, -0.2) is 19.3 Å². The maximum atomic E-state index is 14.2. The van der Waals surface area contributed by atoms with E-state index in [9.17, 15) is 14.0 Å². The smallest absolute Gasteiger partial charge is 0.340 e. The van der Waals surface area contributed by atoms with E-state index in [1.807, 2.05) is 23.1 Å². The number of aromatic amines is 2. The van der Waals surface area contributed by atoms with Crippen molar-refractivity contribution in [2.24, 2.45) is 0 Å². The standard InChI is InChI=1S/C37H32FN7O3S/c1-48-27-6-2-4-22-23(27)12-14-24(22)41-35-33-20(15-16-39-35)18-28(49-33)30-29(34-42-37(47)44-43-34)25(13-9-19-7-10-21(38)11-8-19)40-32-26-5-3-17-45(26)36(46)31(30)32/h2,4,6-8,10-11,15-16,18,24,26H,3,5,9,12-14,17H2,1H3,(H,39,41)(H2,42,43,44,47)/t24-,26+/m0/s1. The number of thiophene rings is 1. The molecule has 12 heteroatoms. The molecule has 1 aliphatic carbocycles. The molecule has 0 radical (unpaired) electrons. The fraction of sp³-hybridized carbons (Fsp3) is 0.270. The molecular weight excluding hydrogens is 642 g/mol. The molecule has 0 bridgehead atoms. The highest BCUT2D eigenvalue weighted by molar-refractivity contribution is 7.23. The number of rotatable bonds is 8. The number of anilines is 1. The molecule has 0 unspecified atom stereocenters. The molecule has 2 aromatic carbocycles. The average molecular weight is 674 g/mol. The first-order valence-electron chi connectivity index (χ1n) is 16.6. The van der Waals surface area contributed by atoms with Crippen LogP contribution in [-0.4, -0.2) is 49.6 Å². The molecule has 1 saturated heterocycles. The third-order valence-electron chi connectivity index (χ3n) is 10.1. The number of aromatic nitrogens is 5. The van der Waals surface area contributed by atoms with E-state index in [0.29, 0.717) is 36.3 Å². The van der Waals surface area contributed by atoms with E-state index in [0.717, 1.165) is 74.7 Å². The van der Waals surface area contributed by atoms with E-state index < -0.39 is 5.69 Å². The number of aryl methyl sites for hydroxylation is 2. The Labute approximate surface area is 284 Å². The number of H-pyrrole nitrogens is 2. The van der Waals surface area contributed by atoms with Gasteiger partial charge < -0.3 is 15.0 Å². The summed E-state index contributed by atoms with van der Waals surface area (Å²) >= 11 is 1.57. The molecule has 2 atom stereocenters. The number of nitrogens with one attached hydrogen (secondary N) is 3. The lowest BCUT2D eigenvalue weighted by Gasteiger charge is -2.17. The van der Waals surface area contributed by atoms with Gasteiger partial charge in [-0.1, -0.05) is 24.3 Å². The van der Waals surface area contributed by atoms with E-state index in [4.69, 9.17) is 14.7 Å². The van der Waals surface area contributed by atoms with E-state index >= 15 is 0 Å². The summed E-state index contributed by atoms with van der Waals surface area (Å²) in [4.78, 5) is 42.2. The predicted molar refractivity (Wildman–Crippen MR) is 186 cm³/mol. The van der Waals surface area contributed by atoms with Crippen LogP contribution in [0.3, 0.4) is 0 Å². The summed E-state index contributed by atoms with van der Waals surface area (Å²) in [6.45, 7) is 0.677. The molecule has 1 fully saturated rings. The Bertz CT molecular complexity index is 2330. The molecule has 3 aliphatic rings. The van der Waals surface area contributed by atoms with Crippen LogP contribution in [0.15, 0.2) is 65.6 Å². The van der Waals surface area contributed by atoms with Crippen molar-refractivity contribution in [3.05, 3.63) is 111 Å². The molecule has 246 valence electrons. The highest BCUT2D eigenvalue weighted by Crippen LogP contribution is 2.50. The van der Waals surface area contributed by atoms with Gasteiger partial charge in [-0.2, -0.15) is 5.10 Å². The van der Waals surface area contributed by atoms with Crippen molar-refractivity contribution in [2.45, 2.75) is 50.6 Å². The van der Waals surface area contributed by atoms with Crippen molar-refractivity contribution in [3.63, 3.8) is 0 Å². The number of amides is 1. The van der Waals surface area contributed by atoms with Gasteiger partial charge in [0.05, 0.1) is 46.4 Å². The molecule has 2 aliphatic heterocycles. The minimum absolute atomic E-state index is 0.0466. The molecular formula is C37H32FN7O3S. The second kappa shape index (κ2) is 11.7. The summed E-state index contributed by atoms with van der Waals surface area (Å²) in [7, 11) is 1.71. The fourth-order valence-electron chi connectivity index (χ4n) is 7.85. The second-order valence-corrected chi connectivity index (χ2v) is 13.9. The van der Waals surface area contributed by atoms with Crippen LogP contribution < -0.4 is 15.7 Å². The van der Waals surface area contributed by atoms with Crippen LogP contribution in [0.5, 0.6) is 5.75 Å². The predicted octanol–water partition coefficient (Wildman–Crippen LogP) is 6.76. The first kappa shape index (κ1) is 29.8. The lowest BCUT2D eigenvalue weighted by molar-refractivity contribution is 0.0776. The van der Waals surface area contributed by atoms with Crippen molar-refractivity contribution in [1.29, 1.82) is 0 Å². The number of hydrogen-bond donors (Lipinski definition) is 3. The van der Waals surface area contributed by atoms with Crippen LogP contribution >= 0.6 is 11.3 Å². The number of fused-ring (bicyclic) bond motifs is 5. The number of carbonyl (C=O) groups is 1. The van der Waals surface area contributed by atoms with Crippen LogP contribution in [0.25, 0.3) is 31.9 Å². The summed E-state index contributed by atoms with van der Waals surface area (Å²) in [5, 5.41) is 11.6. The topological polar surface area (TPSA) is 129 Å². The SMILES string of the molecule is COc1cccc2c1CC[C@@H]2Nc1nccc2cc(-c3c4c(nc(CCc5ccc(F)cc5)c3-c3n[nH]c(=O)[nH]3)[C@H]3CCCN3C4=O)sc12. The minimum atomic E-state index is -0.446. The number of ether oxygens (including phenoxy) is 1. The molecule has 4 aromatic heterocycles. The first-order valence-corrected chi connectivity index (χ1v) is 17.4. The van der Waals surface area contributed by atoms with Crippen molar-refractivity contribution in [1.82, 2.24) is 30.0 Å². The highest BCUT2D eigenvalue weighted by Gasteiger charge is 2.44. The van der Waals surface area contributed by atoms with Crippen LogP contribution in [-0.2, 0) is 19.3 Å². The van der Waals surface area contributed by atoms with Crippen molar-refractivity contribution in [2.75, 3.05) is 19.0 Å². The van der Waals surface area contributed by atoms with Gasteiger partial charge in [-0.3, -0.25) is 14.8 Å². The van der Waals surface area contributed by atoms with Gasteiger partial charge in [-0.05, 0) is 90.9 Å². The molecule has 6 aromatic rings. The summed E-state index contributed by atoms with van der Waals surface area (Å²) in [6, 6.07) is 16.7. The number of nitrogens with zero attached hydrogens (tertiary/aromatic N) is 4. The average Bonchev–Trinajstić information content (AvgIpc) is 3.95. The van der Waals surface area contributed by atoms with Crippen LogP contribution in [0, 0.1) is 5.82 Å². The summed E-state index contributed by atoms with van der Waals surface area (Å²) in [5.41, 5.74) is 6.37. The number of methoxy groups -OCH3 is 1. The summed E-state index contributed by atoms with van der Waals surface area (Å²) in [6.07, 6.45) is 6.50. The van der Waals surface area contributed by atoms with Crippen LogP contribution in [0.1, 0.15) is 69.8 Å². The van der Waals surface area contributed by atoms with Crippen molar-refractivity contribution < 1.29 is 13.9 Å². The molecule has 10 nitrogen and oxygen atoms in total. The zero-order valence-electron chi connectivity index (χ0n) is 26.7. The number of hydrogen-bond acceptors (Lipinski definition) is 8. The highest BCUT2D eigenvalue weighted by atomic mass is 32.1. The van der Waals surface area contributed by atoms with Crippen molar-refractivity contribution in [3.8, 4) is 27.6 Å². The van der Waals surface area contributed by atoms with E-state index in [-0.39, 0.29) is 23.8 Å². The Morgan fingerprint density at radius 3 is 2.76 bits per heavy atom. The maximum absolute atomic E-state index is 14.2. The number of carbonyl (C=O) groups excluding carboxylic acids is 1. The molecule has 3 N–H and O–H groups in total. The van der Waals surface area contributed by atoms with Crippen LogP contribution in [0.2, 0.25) is 0 Å². The zero-order chi connectivity index (χ0) is 33.2. The molecule has 1 amide bonds. The van der Waals surface area contributed by atoms with Gasteiger partial charge in [-0.15, -0.1) is 11.3 Å². The van der Waals surface area contributed by atoms with Gasteiger partial charge in [0.15, 0.2) is 5.82 Å². The third kappa shape index (κ3) is 4.92. The monoisotopic (exact) mass is 673 g/mol. The third-order valence-corrected chi connectivity index (χ3v) is 11.3. The Kier molecular flexibility index (Phi) is 7.08. The first-order chi connectivity index (χ1) is 24.0. The normalized spacial score (nSPS) is 17.8. The number of halogens is 1. The van der Waals surface area contributed by atoms with Gasteiger partial charge in [0.2, 0.25) is 0 Å². The fourth-order valence-corrected chi connectivity index (χ4v) is 9.02. The number of pyridine rings is 2. The Balaban J connectivity index is 1.20. The Morgan fingerprint density at radius 1 is 1.06 bits per heavy atom.